The SMILES string of the molecule is C=C[C@]1(C)[C@@H](O[Si](C)(C)C(C)(C)C)C[C@H]2CC(=O)C(Br)=C[C@]1(C#N)[C@@H]2O[Si](C)(C)C(C)(C)C. The van der Waals surface area contributed by atoms with Crippen LogP contribution >= 0.6 is 15.9 Å². The third-order valence-electron chi connectivity index (χ3n) is 9.10. The highest BCUT2D eigenvalue weighted by atomic mass is 79.9. The Morgan fingerprint density at radius 2 is 1.61 bits per heavy atom. The lowest BCUT2D eigenvalue weighted by atomic mass is 9.52. The monoisotopic (exact) mass is 553 g/mol. The fraction of sp³-hybridized carbons (Fsp3) is 0.769. The van der Waals surface area contributed by atoms with Crippen molar-refractivity contribution in [2.75, 3.05) is 0 Å². The Morgan fingerprint density at radius 1 is 1.12 bits per heavy atom. The molecule has 33 heavy (non-hydrogen) atoms. The molecule has 0 amide bonds. The lowest BCUT2D eigenvalue weighted by Gasteiger charge is -2.59. The molecule has 1 fully saturated rings. The number of nitrogens with zero attached hydrogens (tertiary/aromatic N) is 1. The van der Waals surface area contributed by atoms with E-state index in [4.69, 9.17) is 8.85 Å². The normalized spacial score (nSPS) is 33.7. The molecule has 0 aromatic carbocycles. The number of hydrogen-bond acceptors (Lipinski definition) is 4. The molecule has 4 nitrogen and oxygen atoms in total. The van der Waals surface area contributed by atoms with Crippen LogP contribution < -0.4 is 0 Å². The summed E-state index contributed by atoms with van der Waals surface area (Å²) in [5.74, 6) is -0.0688. The fourth-order valence-corrected chi connectivity index (χ4v) is 7.83. The van der Waals surface area contributed by atoms with Crippen molar-refractivity contribution >= 4 is 38.3 Å². The number of nitriles is 1. The highest BCUT2D eigenvalue weighted by Gasteiger charge is 2.65. The lowest BCUT2D eigenvalue weighted by Crippen LogP contribution is -2.64. The van der Waals surface area contributed by atoms with Crippen molar-refractivity contribution in [3.63, 3.8) is 0 Å². The molecule has 0 saturated heterocycles. The molecule has 0 aromatic rings. The maximum Gasteiger partial charge on any atom is 0.192 e. The number of Topliss-reactive ketones (excluding diaryl/α,β-unsaturated/α-hetero) is 1. The summed E-state index contributed by atoms with van der Waals surface area (Å²) in [6.45, 7) is 28.5. The van der Waals surface area contributed by atoms with E-state index in [1.165, 1.54) is 0 Å². The van der Waals surface area contributed by atoms with Gasteiger partial charge in [0.15, 0.2) is 22.4 Å². The third kappa shape index (κ3) is 4.80. The number of rotatable bonds is 5. The van der Waals surface area contributed by atoms with E-state index >= 15 is 0 Å². The van der Waals surface area contributed by atoms with E-state index in [2.05, 4.69) is 103 Å². The zero-order valence-corrected chi connectivity index (χ0v) is 26.1. The maximum absolute atomic E-state index is 13.0. The number of ketones is 1. The van der Waals surface area contributed by atoms with Crippen molar-refractivity contribution in [2.24, 2.45) is 16.7 Å². The molecule has 5 atom stereocenters. The van der Waals surface area contributed by atoms with Gasteiger partial charge < -0.3 is 8.85 Å². The van der Waals surface area contributed by atoms with Gasteiger partial charge in [-0.05, 0) is 70.6 Å². The summed E-state index contributed by atoms with van der Waals surface area (Å²) in [7, 11) is -4.38. The molecular formula is C26H44BrNO3Si2. The van der Waals surface area contributed by atoms with Crippen LogP contribution in [0.2, 0.25) is 36.3 Å². The summed E-state index contributed by atoms with van der Waals surface area (Å²) in [6, 6.07) is 2.66. The van der Waals surface area contributed by atoms with Crippen molar-refractivity contribution in [1.29, 1.82) is 5.26 Å². The number of carbonyl (C=O) groups excluding carboxylic acids is 1. The van der Waals surface area contributed by atoms with Crippen molar-refractivity contribution in [2.45, 2.75) is 110 Å². The van der Waals surface area contributed by atoms with E-state index in [0.717, 1.165) is 0 Å². The average molecular weight is 555 g/mol. The van der Waals surface area contributed by atoms with Gasteiger partial charge in [0.1, 0.15) is 5.41 Å². The van der Waals surface area contributed by atoms with Gasteiger partial charge in [-0.1, -0.05) is 54.5 Å². The van der Waals surface area contributed by atoms with Gasteiger partial charge in [0, 0.05) is 11.8 Å². The van der Waals surface area contributed by atoms with Gasteiger partial charge in [-0.2, -0.15) is 5.26 Å². The van der Waals surface area contributed by atoms with Crippen LogP contribution in [0.1, 0.15) is 61.3 Å². The predicted molar refractivity (Wildman–Crippen MR) is 145 cm³/mol. The fourth-order valence-electron chi connectivity index (χ4n) is 4.54. The number of halogens is 1. The van der Waals surface area contributed by atoms with Gasteiger partial charge in [-0.25, -0.2) is 0 Å². The summed E-state index contributed by atoms with van der Waals surface area (Å²) >= 11 is 3.51. The highest BCUT2D eigenvalue weighted by molar-refractivity contribution is 9.12. The summed E-state index contributed by atoms with van der Waals surface area (Å²) in [5.41, 5.74) is -1.78. The molecule has 0 heterocycles. The molecule has 2 bridgehead atoms. The minimum Gasteiger partial charge on any atom is -0.413 e. The summed E-state index contributed by atoms with van der Waals surface area (Å²) < 4.78 is 14.5. The minimum atomic E-state index is -2.24. The Bertz CT molecular complexity index is 877. The summed E-state index contributed by atoms with van der Waals surface area (Å²) in [5, 5.41) is 10.9. The third-order valence-corrected chi connectivity index (χ3v) is 18.7. The molecule has 2 aliphatic rings. The van der Waals surface area contributed by atoms with E-state index in [9.17, 15) is 10.1 Å². The Hall–Kier alpha value is -0.526. The zero-order chi connectivity index (χ0) is 25.8. The van der Waals surface area contributed by atoms with Crippen LogP contribution in [0.5, 0.6) is 0 Å². The molecule has 1 saturated carbocycles. The first-order chi connectivity index (χ1) is 14.7. The summed E-state index contributed by atoms with van der Waals surface area (Å²) in [4.78, 5) is 13.0. The van der Waals surface area contributed by atoms with Gasteiger partial charge in [0.05, 0.1) is 22.8 Å². The van der Waals surface area contributed by atoms with Gasteiger partial charge in [-0.3, -0.25) is 4.79 Å². The Labute approximate surface area is 212 Å². The number of carbonyl (C=O) groups is 1. The Balaban J connectivity index is 2.75. The maximum atomic E-state index is 13.0. The van der Waals surface area contributed by atoms with Crippen LogP contribution in [0.3, 0.4) is 0 Å². The van der Waals surface area contributed by atoms with Crippen molar-refractivity contribution in [3.8, 4) is 6.07 Å². The standard InChI is InChI=1S/C26H44BrNO3Si2/c1-13-25(8)21(30-32(9,10)23(2,3)4)15-18-14-20(29)19(27)16-26(25,17-28)22(18)31-33(11,12)24(5,6)7/h13,16,18,21-22H,1,14-15H2,2-12H3/t18-,21+,22-,25-,26+/m1/s1. The van der Waals surface area contributed by atoms with Gasteiger partial charge in [-0.15, -0.1) is 6.58 Å². The lowest BCUT2D eigenvalue weighted by molar-refractivity contribution is -0.125. The van der Waals surface area contributed by atoms with E-state index in [1.807, 2.05) is 12.2 Å². The van der Waals surface area contributed by atoms with Crippen LogP contribution in [0.4, 0.5) is 0 Å². The van der Waals surface area contributed by atoms with Crippen LogP contribution in [-0.4, -0.2) is 34.6 Å². The zero-order valence-electron chi connectivity index (χ0n) is 22.6. The Kier molecular flexibility index (Phi) is 7.70. The quantitative estimate of drug-likeness (QED) is 0.258. The van der Waals surface area contributed by atoms with Crippen molar-refractivity contribution in [3.05, 3.63) is 23.2 Å². The molecule has 0 aliphatic heterocycles. The van der Waals surface area contributed by atoms with E-state index in [-0.39, 0.29) is 27.9 Å². The molecule has 2 rings (SSSR count). The van der Waals surface area contributed by atoms with E-state index in [1.54, 1.807) is 0 Å². The Morgan fingerprint density at radius 3 is 2.03 bits per heavy atom. The van der Waals surface area contributed by atoms with E-state index < -0.39 is 33.6 Å². The second kappa shape index (κ2) is 8.85. The predicted octanol–water partition coefficient (Wildman–Crippen LogP) is 7.74. The number of hydrogen-bond donors (Lipinski definition) is 0. The molecule has 7 heteroatoms. The number of allylic oxidation sites excluding steroid dienone is 1. The largest absolute Gasteiger partial charge is 0.413 e. The van der Waals surface area contributed by atoms with E-state index in [0.29, 0.717) is 17.3 Å². The first-order valence-electron chi connectivity index (χ1n) is 12.0. The first-order valence-corrected chi connectivity index (χ1v) is 18.6. The van der Waals surface area contributed by atoms with Crippen molar-refractivity contribution in [1.82, 2.24) is 0 Å². The van der Waals surface area contributed by atoms with Crippen LogP contribution in [0.25, 0.3) is 0 Å². The van der Waals surface area contributed by atoms with Crippen LogP contribution in [-0.2, 0) is 13.6 Å². The van der Waals surface area contributed by atoms with Gasteiger partial charge in [0.25, 0.3) is 0 Å². The minimum absolute atomic E-state index is 0.0170. The first kappa shape index (κ1) is 28.7. The molecule has 2 aliphatic carbocycles. The topological polar surface area (TPSA) is 59.3 Å². The molecule has 186 valence electrons. The molecule has 0 spiro atoms. The average Bonchev–Trinajstić information content (AvgIpc) is 2.72. The molecule has 0 unspecified atom stereocenters. The molecule has 0 radical (unpaired) electrons. The second-order valence-corrected chi connectivity index (χ2v) is 23.6. The summed E-state index contributed by atoms with van der Waals surface area (Å²) in [6.07, 6.45) is 4.13. The smallest absolute Gasteiger partial charge is 0.192 e. The number of fused-ring (bicyclic) bond motifs is 2. The molecule has 0 N–H and O–H groups in total. The van der Waals surface area contributed by atoms with Crippen LogP contribution in [0.15, 0.2) is 23.2 Å². The van der Waals surface area contributed by atoms with Crippen molar-refractivity contribution < 1.29 is 13.6 Å². The van der Waals surface area contributed by atoms with Crippen LogP contribution in [0, 0.1) is 28.1 Å². The molecular weight excluding hydrogens is 510 g/mol. The highest BCUT2D eigenvalue weighted by Crippen LogP contribution is 2.61. The molecule has 0 aromatic heterocycles. The van der Waals surface area contributed by atoms with Gasteiger partial charge in [0.2, 0.25) is 0 Å². The van der Waals surface area contributed by atoms with Gasteiger partial charge >= 0.3 is 0 Å². The second-order valence-electron chi connectivity index (χ2n) is 13.2.